The number of hydrogen-bond donors (Lipinski definition) is 2. The van der Waals surface area contributed by atoms with Crippen molar-refractivity contribution < 1.29 is 28.9 Å². The van der Waals surface area contributed by atoms with Gasteiger partial charge in [-0.1, -0.05) is 31.4 Å². The number of carbonyl (C=O) groups excluding carboxylic acids is 1. The van der Waals surface area contributed by atoms with E-state index in [4.69, 9.17) is 14.2 Å². The number of carbonyl (C=O) groups is 2. The monoisotopic (exact) mass is 465 g/mol. The Labute approximate surface area is 199 Å². The smallest absolute Gasteiger partial charge is 0.313 e. The molecule has 0 spiro atoms. The minimum absolute atomic E-state index is 0.0945. The van der Waals surface area contributed by atoms with Crippen LogP contribution >= 0.6 is 0 Å². The van der Waals surface area contributed by atoms with Gasteiger partial charge in [-0.05, 0) is 60.9 Å². The lowest BCUT2D eigenvalue weighted by atomic mass is 9.62. The second kappa shape index (κ2) is 8.85. The van der Waals surface area contributed by atoms with Crippen LogP contribution in [-0.2, 0) is 11.3 Å². The Morgan fingerprint density at radius 1 is 1.00 bits per heavy atom. The molecule has 7 heteroatoms. The van der Waals surface area contributed by atoms with Crippen molar-refractivity contribution in [2.24, 2.45) is 11.3 Å². The number of aliphatic carboxylic acids is 1. The van der Waals surface area contributed by atoms with Crippen molar-refractivity contribution in [3.8, 4) is 28.4 Å². The van der Waals surface area contributed by atoms with Crippen molar-refractivity contribution in [1.29, 1.82) is 0 Å². The van der Waals surface area contributed by atoms with E-state index in [2.05, 4.69) is 5.32 Å². The van der Waals surface area contributed by atoms with E-state index in [0.717, 1.165) is 48.8 Å². The largest absolute Gasteiger partial charge is 0.493 e. The quantitative estimate of drug-likeness (QED) is 0.581. The van der Waals surface area contributed by atoms with Gasteiger partial charge in [-0.25, -0.2) is 0 Å². The molecule has 34 heavy (non-hydrogen) atoms. The molecule has 2 aliphatic carbocycles. The van der Waals surface area contributed by atoms with E-state index in [9.17, 15) is 14.7 Å². The van der Waals surface area contributed by atoms with Crippen LogP contribution in [0.1, 0.15) is 60.9 Å². The van der Waals surface area contributed by atoms with Crippen LogP contribution in [0.2, 0.25) is 0 Å². The van der Waals surface area contributed by atoms with Gasteiger partial charge in [0, 0.05) is 17.7 Å². The normalized spacial score (nSPS) is 19.6. The molecule has 1 unspecified atom stereocenters. The fraction of sp³-hybridized carbons (Fsp3) is 0.481. The fourth-order valence-electron chi connectivity index (χ4n) is 5.96. The Bertz CT molecular complexity index is 1120. The van der Waals surface area contributed by atoms with E-state index < -0.39 is 17.5 Å². The number of fused-ring (bicyclic) bond motifs is 1. The SMILES string of the molecule is COc1ccc(-c2cccc3c2CNC3=O)c(OC(C2CCCC2)C2(C(=O)O)CCC2)c1OC. The number of methoxy groups -OCH3 is 2. The molecule has 1 atom stereocenters. The molecule has 2 saturated carbocycles. The van der Waals surface area contributed by atoms with Crippen LogP contribution in [0, 0.1) is 11.3 Å². The summed E-state index contributed by atoms with van der Waals surface area (Å²) in [5.41, 5.74) is 2.30. The molecule has 0 saturated heterocycles. The highest BCUT2D eigenvalue weighted by molar-refractivity contribution is 6.01. The first-order chi connectivity index (χ1) is 16.5. The van der Waals surface area contributed by atoms with Crippen LogP contribution in [-0.4, -0.2) is 37.3 Å². The molecule has 5 rings (SSSR count). The summed E-state index contributed by atoms with van der Waals surface area (Å²) in [6.07, 6.45) is 5.75. The van der Waals surface area contributed by atoms with Gasteiger partial charge in [0.15, 0.2) is 11.5 Å². The zero-order valence-electron chi connectivity index (χ0n) is 19.7. The number of carboxylic acid groups (broad SMARTS) is 1. The lowest BCUT2D eigenvalue weighted by Gasteiger charge is -2.46. The van der Waals surface area contributed by atoms with Crippen molar-refractivity contribution in [3.63, 3.8) is 0 Å². The summed E-state index contributed by atoms with van der Waals surface area (Å²) in [5.74, 6) is 0.741. The molecule has 2 aromatic rings. The maximum Gasteiger partial charge on any atom is 0.313 e. The number of nitrogens with one attached hydrogen (secondary N) is 1. The van der Waals surface area contributed by atoms with Gasteiger partial charge < -0.3 is 24.6 Å². The van der Waals surface area contributed by atoms with Gasteiger partial charge in [0.2, 0.25) is 5.75 Å². The third kappa shape index (κ3) is 3.49. The van der Waals surface area contributed by atoms with Crippen LogP contribution in [0.15, 0.2) is 30.3 Å². The molecule has 2 N–H and O–H groups in total. The summed E-state index contributed by atoms with van der Waals surface area (Å²) in [4.78, 5) is 24.8. The maximum atomic E-state index is 12.5. The number of ether oxygens (including phenoxy) is 3. The average Bonchev–Trinajstić information content (AvgIpc) is 3.47. The molecule has 3 aliphatic rings. The van der Waals surface area contributed by atoms with Crippen LogP contribution in [0.25, 0.3) is 11.1 Å². The van der Waals surface area contributed by atoms with Crippen LogP contribution < -0.4 is 19.5 Å². The zero-order chi connectivity index (χ0) is 23.9. The molecular formula is C27H31NO6. The maximum absolute atomic E-state index is 12.5. The summed E-state index contributed by atoms with van der Waals surface area (Å²) in [7, 11) is 3.14. The van der Waals surface area contributed by atoms with E-state index in [1.807, 2.05) is 30.3 Å². The van der Waals surface area contributed by atoms with Crippen molar-refractivity contribution in [2.45, 2.75) is 57.6 Å². The summed E-state index contributed by atoms with van der Waals surface area (Å²) in [5, 5.41) is 13.2. The molecule has 2 aromatic carbocycles. The predicted molar refractivity (Wildman–Crippen MR) is 126 cm³/mol. The van der Waals surface area contributed by atoms with Crippen LogP contribution in [0.4, 0.5) is 0 Å². The second-order valence-corrected chi connectivity index (χ2v) is 9.59. The Balaban J connectivity index is 1.67. The van der Waals surface area contributed by atoms with Gasteiger partial charge in [-0.2, -0.15) is 0 Å². The van der Waals surface area contributed by atoms with Crippen LogP contribution in [0.3, 0.4) is 0 Å². The molecule has 1 aliphatic heterocycles. The number of hydrogen-bond acceptors (Lipinski definition) is 5. The third-order valence-corrected chi connectivity index (χ3v) is 7.93. The number of amides is 1. The molecule has 180 valence electrons. The topological polar surface area (TPSA) is 94.1 Å². The lowest BCUT2D eigenvalue weighted by molar-refractivity contribution is -0.167. The van der Waals surface area contributed by atoms with Crippen molar-refractivity contribution in [3.05, 3.63) is 41.5 Å². The highest BCUT2D eigenvalue weighted by Gasteiger charge is 2.55. The van der Waals surface area contributed by atoms with Gasteiger partial charge in [0.05, 0.1) is 14.2 Å². The number of carboxylic acids is 1. The van der Waals surface area contributed by atoms with Gasteiger partial charge >= 0.3 is 5.97 Å². The summed E-state index contributed by atoms with van der Waals surface area (Å²) < 4.78 is 18.2. The summed E-state index contributed by atoms with van der Waals surface area (Å²) in [6, 6.07) is 9.38. The molecule has 1 heterocycles. The Hall–Kier alpha value is -3.22. The molecular weight excluding hydrogens is 434 g/mol. The Morgan fingerprint density at radius 3 is 2.35 bits per heavy atom. The van der Waals surface area contributed by atoms with E-state index in [-0.39, 0.29) is 11.8 Å². The van der Waals surface area contributed by atoms with Crippen molar-refractivity contribution >= 4 is 11.9 Å². The first-order valence-electron chi connectivity index (χ1n) is 12.1. The summed E-state index contributed by atoms with van der Waals surface area (Å²) >= 11 is 0. The summed E-state index contributed by atoms with van der Waals surface area (Å²) in [6.45, 7) is 0.434. The van der Waals surface area contributed by atoms with Crippen molar-refractivity contribution in [1.82, 2.24) is 5.32 Å². The van der Waals surface area contributed by atoms with E-state index in [1.54, 1.807) is 14.2 Å². The van der Waals surface area contributed by atoms with Crippen molar-refractivity contribution in [2.75, 3.05) is 14.2 Å². The second-order valence-electron chi connectivity index (χ2n) is 9.59. The highest BCUT2D eigenvalue weighted by Crippen LogP contribution is 2.54. The Morgan fingerprint density at radius 2 is 1.74 bits per heavy atom. The van der Waals surface area contributed by atoms with Gasteiger partial charge in [-0.3, -0.25) is 9.59 Å². The average molecular weight is 466 g/mol. The van der Waals surface area contributed by atoms with Gasteiger partial charge in [-0.15, -0.1) is 0 Å². The molecule has 0 aromatic heterocycles. The predicted octanol–water partition coefficient (Wildman–Crippen LogP) is 4.81. The van der Waals surface area contributed by atoms with E-state index >= 15 is 0 Å². The van der Waals surface area contributed by atoms with Crippen LogP contribution in [0.5, 0.6) is 17.2 Å². The molecule has 7 nitrogen and oxygen atoms in total. The Kier molecular flexibility index (Phi) is 5.88. The number of rotatable bonds is 8. The minimum Gasteiger partial charge on any atom is -0.493 e. The van der Waals surface area contributed by atoms with Gasteiger partial charge in [0.1, 0.15) is 11.5 Å². The van der Waals surface area contributed by atoms with E-state index in [1.165, 1.54) is 0 Å². The fourth-order valence-corrected chi connectivity index (χ4v) is 5.96. The minimum atomic E-state index is -0.892. The first-order valence-corrected chi connectivity index (χ1v) is 12.1. The van der Waals surface area contributed by atoms with E-state index in [0.29, 0.717) is 42.2 Å². The molecule has 2 fully saturated rings. The third-order valence-electron chi connectivity index (χ3n) is 7.93. The highest BCUT2D eigenvalue weighted by atomic mass is 16.5. The lowest BCUT2D eigenvalue weighted by Crippen LogP contribution is -2.53. The zero-order valence-corrected chi connectivity index (χ0v) is 19.7. The molecule has 0 radical (unpaired) electrons. The molecule has 1 amide bonds. The first kappa shape index (κ1) is 22.6. The number of benzene rings is 2. The van der Waals surface area contributed by atoms with Gasteiger partial charge in [0.25, 0.3) is 5.91 Å². The standard InChI is InChI=1S/C27H31NO6/c1-32-21-12-11-18(17-9-5-10-19-20(17)15-28-25(19)29)22(23(21)33-2)34-24(16-7-3-4-8-16)27(26(30)31)13-6-14-27/h5,9-12,16,24H,3-4,6-8,13-15H2,1-2H3,(H,28,29)(H,30,31). The molecule has 0 bridgehead atoms.